The number of benzene rings is 1. The van der Waals surface area contributed by atoms with Crippen LogP contribution in [0, 0.1) is 6.92 Å². The molecule has 1 aromatic carbocycles. The Morgan fingerprint density at radius 1 is 1.20 bits per heavy atom. The van der Waals surface area contributed by atoms with E-state index in [1.54, 1.807) is 6.92 Å². The number of piperidine rings is 1. The first-order valence-electron chi connectivity index (χ1n) is 8.37. The predicted molar refractivity (Wildman–Crippen MR) is 92.7 cm³/mol. The van der Waals surface area contributed by atoms with Crippen LogP contribution in [0.5, 0.6) is 0 Å². The number of ether oxygens (including phenoxy) is 1. The Morgan fingerprint density at radius 3 is 2.56 bits per heavy atom. The van der Waals surface area contributed by atoms with E-state index in [1.165, 1.54) is 25.3 Å². The van der Waals surface area contributed by atoms with Crippen molar-refractivity contribution >= 4 is 23.3 Å². The number of hydrogen-bond acceptors (Lipinski definition) is 6. The normalized spacial score (nSPS) is 14.2. The maximum Gasteiger partial charge on any atom is 0.377 e. The Morgan fingerprint density at radius 2 is 1.92 bits per heavy atom. The van der Waals surface area contributed by atoms with Crippen molar-refractivity contribution in [3.8, 4) is 0 Å². The maximum absolute atomic E-state index is 11.9. The lowest BCUT2D eigenvalue weighted by atomic mass is 10.1. The minimum absolute atomic E-state index is 0.0174. The third kappa shape index (κ3) is 4.59. The molecule has 7 nitrogen and oxygen atoms in total. The number of anilines is 2. The molecular weight excluding hydrogens is 322 g/mol. The van der Waals surface area contributed by atoms with E-state index in [0.717, 1.165) is 18.8 Å². The average Bonchev–Trinajstić information content (AvgIpc) is 3.08. The molecule has 1 aliphatic heterocycles. The van der Waals surface area contributed by atoms with Gasteiger partial charge >= 0.3 is 5.97 Å². The number of nitrogens with zero attached hydrogens (tertiary/aromatic N) is 2. The van der Waals surface area contributed by atoms with Crippen molar-refractivity contribution in [1.82, 2.24) is 5.16 Å². The van der Waals surface area contributed by atoms with Crippen LogP contribution in [-0.4, -0.2) is 36.7 Å². The first-order chi connectivity index (χ1) is 12.1. The SMILES string of the molecule is Cc1cc(C(=O)OCC(=O)Nc2ccc(N3CCCCC3)cc2)on1. The Balaban J connectivity index is 1.48. The highest BCUT2D eigenvalue weighted by Crippen LogP contribution is 2.21. The van der Waals surface area contributed by atoms with Gasteiger partial charge in [-0.3, -0.25) is 4.79 Å². The molecule has 3 rings (SSSR count). The molecule has 2 heterocycles. The van der Waals surface area contributed by atoms with Crippen molar-refractivity contribution in [1.29, 1.82) is 0 Å². The van der Waals surface area contributed by atoms with Gasteiger partial charge in [-0.15, -0.1) is 0 Å². The van der Waals surface area contributed by atoms with Gasteiger partial charge in [0.15, 0.2) is 6.61 Å². The molecule has 1 aliphatic rings. The van der Waals surface area contributed by atoms with E-state index in [4.69, 9.17) is 9.26 Å². The van der Waals surface area contributed by atoms with Gasteiger partial charge in [-0.25, -0.2) is 4.79 Å². The van der Waals surface area contributed by atoms with Crippen LogP contribution in [0.1, 0.15) is 35.5 Å². The molecule has 0 atom stereocenters. The van der Waals surface area contributed by atoms with Crippen LogP contribution in [0.2, 0.25) is 0 Å². The lowest BCUT2D eigenvalue weighted by Crippen LogP contribution is -2.29. The molecule has 0 bridgehead atoms. The quantitative estimate of drug-likeness (QED) is 0.840. The summed E-state index contributed by atoms with van der Waals surface area (Å²) in [6.45, 7) is 3.46. The van der Waals surface area contributed by atoms with Crippen LogP contribution in [0.4, 0.5) is 11.4 Å². The first kappa shape index (κ1) is 17.0. The molecule has 1 N–H and O–H groups in total. The molecule has 0 aliphatic carbocycles. The van der Waals surface area contributed by atoms with Crippen molar-refractivity contribution in [2.75, 3.05) is 29.9 Å². The van der Waals surface area contributed by atoms with E-state index in [-0.39, 0.29) is 12.4 Å². The molecule has 25 heavy (non-hydrogen) atoms. The fraction of sp³-hybridized carbons (Fsp3) is 0.389. The molecule has 132 valence electrons. The molecule has 0 spiro atoms. The molecular formula is C18H21N3O4. The average molecular weight is 343 g/mol. The first-order valence-corrected chi connectivity index (χ1v) is 8.37. The second-order valence-corrected chi connectivity index (χ2v) is 6.05. The number of amides is 1. The van der Waals surface area contributed by atoms with E-state index in [1.807, 2.05) is 24.3 Å². The minimum Gasteiger partial charge on any atom is -0.450 e. The molecule has 1 saturated heterocycles. The molecule has 1 amide bonds. The fourth-order valence-corrected chi connectivity index (χ4v) is 2.77. The van der Waals surface area contributed by atoms with Gasteiger partial charge in [0.25, 0.3) is 5.91 Å². The fourth-order valence-electron chi connectivity index (χ4n) is 2.77. The van der Waals surface area contributed by atoms with E-state index in [9.17, 15) is 9.59 Å². The van der Waals surface area contributed by atoms with Crippen LogP contribution in [0.15, 0.2) is 34.9 Å². The smallest absolute Gasteiger partial charge is 0.377 e. The summed E-state index contributed by atoms with van der Waals surface area (Å²) in [6.07, 6.45) is 3.72. The zero-order valence-electron chi connectivity index (χ0n) is 14.2. The lowest BCUT2D eigenvalue weighted by molar-refractivity contribution is -0.119. The molecule has 1 aromatic heterocycles. The number of esters is 1. The van der Waals surface area contributed by atoms with Gasteiger partial charge in [-0.1, -0.05) is 5.16 Å². The monoisotopic (exact) mass is 343 g/mol. The third-order valence-electron chi connectivity index (χ3n) is 4.04. The topological polar surface area (TPSA) is 84.7 Å². The number of carbonyl (C=O) groups is 2. The van der Waals surface area contributed by atoms with Crippen LogP contribution in [-0.2, 0) is 9.53 Å². The molecule has 1 fully saturated rings. The second-order valence-electron chi connectivity index (χ2n) is 6.05. The van der Waals surface area contributed by atoms with Crippen molar-refractivity contribution in [2.45, 2.75) is 26.2 Å². The number of hydrogen-bond donors (Lipinski definition) is 1. The summed E-state index contributed by atoms with van der Waals surface area (Å²) < 4.78 is 9.69. The summed E-state index contributed by atoms with van der Waals surface area (Å²) >= 11 is 0. The zero-order valence-corrected chi connectivity index (χ0v) is 14.2. The summed E-state index contributed by atoms with van der Waals surface area (Å²) in [5.41, 5.74) is 2.40. The Labute approximate surface area is 145 Å². The third-order valence-corrected chi connectivity index (χ3v) is 4.04. The Kier molecular flexibility index (Phi) is 5.33. The van der Waals surface area contributed by atoms with Gasteiger partial charge in [0, 0.05) is 30.5 Å². The predicted octanol–water partition coefficient (Wildman–Crippen LogP) is 2.77. The summed E-state index contributed by atoms with van der Waals surface area (Å²) in [4.78, 5) is 25.9. The number of rotatable bonds is 5. The van der Waals surface area contributed by atoms with Crippen LogP contribution >= 0.6 is 0 Å². The Bertz CT molecular complexity index is 733. The highest BCUT2D eigenvalue weighted by atomic mass is 16.6. The summed E-state index contributed by atoms with van der Waals surface area (Å²) in [5.74, 6) is -1.14. The highest BCUT2D eigenvalue weighted by Gasteiger charge is 2.15. The largest absolute Gasteiger partial charge is 0.450 e. The zero-order chi connectivity index (χ0) is 17.6. The van der Waals surface area contributed by atoms with Gasteiger partial charge in [0.05, 0.1) is 5.69 Å². The van der Waals surface area contributed by atoms with Crippen LogP contribution in [0.25, 0.3) is 0 Å². The van der Waals surface area contributed by atoms with Crippen LogP contribution < -0.4 is 10.2 Å². The van der Waals surface area contributed by atoms with Gasteiger partial charge in [0.2, 0.25) is 5.76 Å². The molecule has 2 aromatic rings. The molecule has 0 saturated carbocycles. The van der Waals surface area contributed by atoms with E-state index in [2.05, 4.69) is 15.4 Å². The standard InChI is InChI=1S/C18H21N3O4/c1-13-11-16(25-20-13)18(23)24-12-17(22)19-14-5-7-15(8-6-14)21-9-3-2-4-10-21/h5-8,11H,2-4,9-10,12H2,1H3,(H,19,22). The maximum atomic E-state index is 11.9. The molecule has 0 radical (unpaired) electrons. The number of nitrogens with one attached hydrogen (secondary N) is 1. The summed E-state index contributed by atoms with van der Waals surface area (Å²) in [7, 11) is 0. The van der Waals surface area contributed by atoms with Gasteiger partial charge in [-0.2, -0.15) is 0 Å². The summed E-state index contributed by atoms with van der Waals surface area (Å²) in [6, 6.07) is 9.14. The second kappa shape index (κ2) is 7.83. The number of carbonyl (C=O) groups excluding carboxylic acids is 2. The number of aromatic nitrogens is 1. The van der Waals surface area contributed by atoms with Crippen molar-refractivity contribution in [3.05, 3.63) is 41.8 Å². The van der Waals surface area contributed by atoms with Crippen molar-refractivity contribution in [2.24, 2.45) is 0 Å². The lowest BCUT2D eigenvalue weighted by Gasteiger charge is -2.28. The van der Waals surface area contributed by atoms with E-state index >= 15 is 0 Å². The number of aryl methyl sites for hydroxylation is 1. The van der Waals surface area contributed by atoms with Gasteiger partial charge < -0.3 is 19.5 Å². The van der Waals surface area contributed by atoms with Crippen molar-refractivity contribution < 1.29 is 18.8 Å². The summed E-state index contributed by atoms with van der Waals surface area (Å²) in [5, 5.41) is 6.30. The molecule has 7 heteroatoms. The highest BCUT2D eigenvalue weighted by molar-refractivity contribution is 5.94. The molecule has 0 unspecified atom stereocenters. The van der Waals surface area contributed by atoms with E-state index in [0.29, 0.717) is 11.4 Å². The van der Waals surface area contributed by atoms with Crippen LogP contribution in [0.3, 0.4) is 0 Å². The van der Waals surface area contributed by atoms with Crippen molar-refractivity contribution in [3.63, 3.8) is 0 Å². The minimum atomic E-state index is -0.712. The van der Waals surface area contributed by atoms with Gasteiger partial charge in [0.1, 0.15) is 0 Å². The van der Waals surface area contributed by atoms with E-state index < -0.39 is 11.9 Å². The Hall–Kier alpha value is -2.83. The van der Waals surface area contributed by atoms with Gasteiger partial charge in [-0.05, 0) is 50.5 Å².